The molecule has 1 aromatic heterocycles. The van der Waals surface area contributed by atoms with E-state index in [4.69, 9.17) is 4.74 Å². The number of imidazole rings is 1. The van der Waals surface area contributed by atoms with Gasteiger partial charge in [-0.1, -0.05) is 44.9 Å². The van der Waals surface area contributed by atoms with Crippen LogP contribution in [-0.2, 0) is 11.3 Å². The Bertz CT molecular complexity index is 772. The zero-order valence-corrected chi connectivity index (χ0v) is 21.3. The Kier molecular flexibility index (Phi) is 11.3. The van der Waals surface area contributed by atoms with E-state index in [-0.39, 0.29) is 24.0 Å². The van der Waals surface area contributed by atoms with Gasteiger partial charge in [0.25, 0.3) is 0 Å². The van der Waals surface area contributed by atoms with Crippen molar-refractivity contribution in [3.8, 4) is 5.69 Å². The fraction of sp³-hybridized carbons (Fsp3) is 0.565. The normalized spacial score (nSPS) is 16.1. The summed E-state index contributed by atoms with van der Waals surface area (Å²) in [7, 11) is 1.83. The fourth-order valence-corrected chi connectivity index (χ4v) is 4.25. The summed E-state index contributed by atoms with van der Waals surface area (Å²) < 4.78 is 7.60. The Morgan fingerprint density at radius 1 is 1.16 bits per heavy atom. The van der Waals surface area contributed by atoms with Gasteiger partial charge in [-0.05, 0) is 17.5 Å². The van der Waals surface area contributed by atoms with E-state index in [1.165, 1.54) is 18.4 Å². The number of para-hydroxylation sites is 1. The predicted octanol–water partition coefficient (Wildman–Crippen LogP) is 3.29. The third-order valence-electron chi connectivity index (χ3n) is 6.03. The first-order valence-corrected chi connectivity index (χ1v) is 11.1. The average Bonchev–Trinajstić information content (AvgIpc) is 3.34. The van der Waals surface area contributed by atoms with E-state index >= 15 is 0 Å². The Hall–Kier alpha value is -1.65. The number of aromatic nitrogens is 2. The van der Waals surface area contributed by atoms with E-state index in [1.54, 1.807) is 6.20 Å². The molecule has 172 valence electrons. The number of hydrogen-bond acceptors (Lipinski definition) is 4. The van der Waals surface area contributed by atoms with E-state index in [0.717, 1.165) is 44.5 Å². The van der Waals surface area contributed by atoms with Crippen molar-refractivity contribution in [3.63, 3.8) is 0 Å². The molecule has 8 heteroatoms. The van der Waals surface area contributed by atoms with Gasteiger partial charge >= 0.3 is 0 Å². The molecule has 1 unspecified atom stereocenters. The van der Waals surface area contributed by atoms with Crippen LogP contribution >= 0.6 is 24.0 Å². The first kappa shape index (κ1) is 25.6. The molecular weight excluding hydrogens is 503 g/mol. The van der Waals surface area contributed by atoms with Crippen molar-refractivity contribution in [3.05, 3.63) is 48.5 Å². The minimum absolute atomic E-state index is 0. The zero-order chi connectivity index (χ0) is 21.2. The molecule has 0 bridgehead atoms. The number of benzene rings is 1. The Labute approximate surface area is 203 Å². The van der Waals surface area contributed by atoms with Gasteiger partial charge in [0.1, 0.15) is 0 Å². The molecule has 31 heavy (non-hydrogen) atoms. The van der Waals surface area contributed by atoms with E-state index < -0.39 is 0 Å². The van der Waals surface area contributed by atoms with Crippen LogP contribution in [0.1, 0.15) is 32.3 Å². The summed E-state index contributed by atoms with van der Waals surface area (Å²) in [6.45, 7) is 9.84. The zero-order valence-electron chi connectivity index (χ0n) is 19.0. The number of aliphatic imine (C=N–C) groups is 1. The summed E-state index contributed by atoms with van der Waals surface area (Å²) in [5.41, 5.74) is 2.32. The quantitative estimate of drug-likeness (QED) is 0.291. The summed E-state index contributed by atoms with van der Waals surface area (Å²) in [4.78, 5) is 11.2. The van der Waals surface area contributed by atoms with E-state index in [1.807, 2.05) is 24.1 Å². The molecule has 1 aromatic carbocycles. The van der Waals surface area contributed by atoms with Crippen LogP contribution in [0.5, 0.6) is 0 Å². The van der Waals surface area contributed by atoms with Crippen LogP contribution in [0.4, 0.5) is 0 Å². The van der Waals surface area contributed by atoms with Crippen molar-refractivity contribution in [2.45, 2.75) is 39.3 Å². The molecule has 1 aliphatic heterocycles. The number of nitrogens with one attached hydrogen (secondary N) is 2. The van der Waals surface area contributed by atoms with Crippen molar-refractivity contribution in [2.75, 3.05) is 39.9 Å². The van der Waals surface area contributed by atoms with Gasteiger partial charge in [0.05, 0.1) is 25.2 Å². The summed E-state index contributed by atoms with van der Waals surface area (Å²) in [6.07, 6.45) is 7.96. The third-order valence-corrected chi connectivity index (χ3v) is 6.03. The number of guanidine groups is 1. The molecule has 0 aliphatic carbocycles. The minimum Gasteiger partial charge on any atom is -0.379 e. The second-order valence-corrected chi connectivity index (χ2v) is 7.70. The van der Waals surface area contributed by atoms with Crippen molar-refractivity contribution in [1.29, 1.82) is 0 Å². The monoisotopic (exact) mass is 540 g/mol. The maximum atomic E-state index is 5.57. The van der Waals surface area contributed by atoms with Crippen LogP contribution < -0.4 is 10.6 Å². The summed E-state index contributed by atoms with van der Waals surface area (Å²) >= 11 is 0. The highest BCUT2D eigenvalue weighted by Crippen LogP contribution is 2.19. The first-order valence-electron chi connectivity index (χ1n) is 11.1. The van der Waals surface area contributed by atoms with Gasteiger partial charge in [-0.3, -0.25) is 9.89 Å². The summed E-state index contributed by atoms with van der Waals surface area (Å²) in [5, 5.41) is 7.06. The number of nitrogens with zero attached hydrogens (tertiary/aromatic N) is 4. The average molecular weight is 540 g/mol. The fourth-order valence-electron chi connectivity index (χ4n) is 4.25. The van der Waals surface area contributed by atoms with E-state index in [2.05, 4.69) is 63.6 Å². The van der Waals surface area contributed by atoms with E-state index in [9.17, 15) is 0 Å². The van der Waals surface area contributed by atoms with Crippen molar-refractivity contribution in [1.82, 2.24) is 25.1 Å². The van der Waals surface area contributed by atoms with Gasteiger partial charge in [-0.2, -0.15) is 0 Å². The minimum atomic E-state index is 0. The topological polar surface area (TPSA) is 66.7 Å². The van der Waals surface area contributed by atoms with Crippen molar-refractivity contribution in [2.24, 2.45) is 10.9 Å². The van der Waals surface area contributed by atoms with Gasteiger partial charge < -0.3 is 19.9 Å². The van der Waals surface area contributed by atoms with Crippen LogP contribution in [0.25, 0.3) is 5.69 Å². The Morgan fingerprint density at radius 2 is 1.90 bits per heavy atom. The molecule has 3 rings (SSSR count). The molecular formula is C23H37IN6O. The molecule has 0 saturated carbocycles. The lowest BCUT2D eigenvalue weighted by Gasteiger charge is -2.39. The second kappa shape index (κ2) is 13.7. The van der Waals surface area contributed by atoms with Crippen molar-refractivity contribution >= 4 is 29.9 Å². The van der Waals surface area contributed by atoms with Crippen LogP contribution in [0.15, 0.2) is 48.0 Å². The number of hydrogen-bond donors (Lipinski definition) is 2. The maximum absolute atomic E-state index is 5.57. The molecule has 1 aliphatic rings. The number of halogens is 1. The maximum Gasteiger partial charge on any atom is 0.191 e. The molecule has 0 radical (unpaired) electrons. The second-order valence-electron chi connectivity index (χ2n) is 7.70. The highest BCUT2D eigenvalue weighted by molar-refractivity contribution is 14.0. The largest absolute Gasteiger partial charge is 0.379 e. The van der Waals surface area contributed by atoms with E-state index in [0.29, 0.717) is 18.5 Å². The molecule has 2 aromatic rings. The smallest absolute Gasteiger partial charge is 0.191 e. The first-order chi connectivity index (χ1) is 14.8. The number of rotatable bonds is 9. The highest BCUT2D eigenvalue weighted by Gasteiger charge is 2.27. The predicted molar refractivity (Wildman–Crippen MR) is 137 cm³/mol. The molecule has 1 atom stereocenters. The third kappa shape index (κ3) is 7.18. The van der Waals surface area contributed by atoms with Crippen LogP contribution in [-0.4, -0.2) is 66.3 Å². The lowest BCUT2D eigenvalue weighted by atomic mass is 9.92. The molecule has 0 spiro atoms. The number of ether oxygens (including phenoxy) is 1. The Balaban J connectivity index is 0.00000341. The number of morpholine rings is 1. The molecule has 1 saturated heterocycles. The standard InChI is InChI=1S/C23H36N6O.HI/c1-4-19(5-2)22(28-12-14-30-15-13-28)17-27-23(24-3)26-16-20-8-6-7-9-21(20)29-11-10-25-18-29;/h6-11,18-19,22H,4-5,12-17H2,1-3H3,(H2,24,26,27);1H. The Morgan fingerprint density at radius 3 is 2.55 bits per heavy atom. The summed E-state index contributed by atoms with van der Waals surface area (Å²) in [6, 6.07) is 8.84. The molecule has 2 heterocycles. The van der Waals surface area contributed by atoms with Crippen LogP contribution in [0.3, 0.4) is 0 Å². The molecule has 0 amide bonds. The van der Waals surface area contributed by atoms with Gasteiger partial charge in [-0.15, -0.1) is 24.0 Å². The van der Waals surface area contributed by atoms with Gasteiger partial charge in [0, 0.05) is 51.7 Å². The van der Waals surface area contributed by atoms with Gasteiger partial charge in [0.15, 0.2) is 5.96 Å². The SMILES string of the molecule is CCC(CC)C(CNC(=NC)NCc1ccccc1-n1ccnc1)N1CCOCC1.I. The van der Waals surface area contributed by atoms with Gasteiger partial charge in [0.2, 0.25) is 0 Å². The molecule has 1 fully saturated rings. The highest BCUT2D eigenvalue weighted by atomic mass is 127. The summed E-state index contributed by atoms with van der Waals surface area (Å²) in [5.74, 6) is 1.50. The van der Waals surface area contributed by atoms with Crippen LogP contribution in [0, 0.1) is 5.92 Å². The van der Waals surface area contributed by atoms with Crippen LogP contribution in [0.2, 0.25) is 0 Å². The molecule has 2 N–H and O–H groups in total. The van der Waals surface area contributed by atoms with Gasteiger partial charge in [-0.25, -0.2) is 4.98 Å². The van der Waals surface area contributed by atoms with Crippen molar-refractivity contribution < 1.29 is 4.74 Å². The molecule has 7 nitrogen and oxygen atoms in total. The lowest BCUT2D eigenvalue weighted by molar-refractivity contribution is 0.00272. The lowest BCUT2D eigenvalue weighted by Crippen LogP contribution is -2.53.